The lowest BCUT2D eigenvalue weighted by Crippen LogP contribution is -2.26. The Kier molecular flexibility index (Phi) is 5.58. The maximum absolute atomic E-state index is 12.6. The molecule has 2 heterocycles. The van der Waals surface area contributed by atoms with Crippen LogP contribution in [0, 0.1) is 0 Å². The molecule has 0 saturated heterocycles. The van der Waals surface area contributed by atoms with E-state index in [0.717, 1.165) is 16.9 Å². The van der Waals surface area contributed by atoms with E-state index in [-0.39, 0.29) is 11.3 Å². The van der Waals surface area contributed by atoms with Crippen molar-refractivity contribution in [2.45, 2.75) is 13.0 Å². The van der Waals surface area contributed by atoms with E-state index in [9.17, 15) is 9.59 Å². The van der Waals surface area contributed by atoms with Gasteiger partial charge < -0.3 is 0 Å². The summed E-state index contributed by atoms with van der Waals surface area (Å²) in [6, 6.07) is 22.4. The first-order valence-corrected chi connectivity index (χ1v) is 9.91. The summed E-state index contributed by atoms with van der Waals surface area (Å²) in [5.41, 5.74) is 2.03. The Morgan fingerprint density at radius 3 is 2.34 bits per heavy atom. The first kappa shape index (κ1) is 18.8. The second-order valence-electron chi connectivity index (χ2n) is 6.45. The molecule has 2 aromatic carbocycles. The van der Waals surface area contributed by atoms with Gasteiger partial charge in [-0.25, -0.2) is 9.67 Å². The summed E-state index contributed by atoms with van der Waals surface area (Å²) in [4.78, 5) is 30.0. The Balaban J connectivity index is 1.46. The largest absolute Gasteiger partial charge is 0.296 e. The van der Waals surface area contributed by atoms with Gasteiger partial charge in [0, 0.05) is 23.6 Å². The number of benzene rings is 2. The smallest absolute Gasteiger partial charge is 0.277 e. The molecule has 0 radical (unpaired) electrons. The van der Waals surface area contributed by atoms with E-state index in [0.29, 0.717) is 11.7 Å². The van der Waals surface area contributed by atoms with Crippen molar-refractivity contribution in [1.29, 1.82) is 0 Å². The van der Waals surface area contributed by atoms with Crippen LogP contribution in [0.4, 0.5) is 5.13 Å². The van der Waals surface area contributed by atoms with Gasteiger partial charge in [-0.15, -0.1) is 11.3 Å². The van der Waals surface area contributed by atoms with Crippen LogP contribution in [0.15, 0.2) is 83.8 Å². The highest BCUT2D eigenvalue weighted by molar-refractivity contribution is 7.15. The number of hydrogen-bond acceptors (Lipinski definition) is 5. The molecule has 1 amide bonds. The van der Waals surface area contributed by atoms with Crippen molar-refractivity contribution in [1.82, 2.24) is 14.8 Å². The molecular weight excluding hydrogens is 384 g/mol. The quantitative estimate of drug-likeness (QED) is 0.535. The highest BCUT2D eigenvalue weighted by Gasteiger charge is 2.13. The van der Waals surface area contributed by atoms with Crippen molar-refractivity contribution < 1.29 is 4.79 Å². The van der Waals surface area contributed by atoms with E-state index in [2.05, 4.69) is 27.5 Å². The molecule has 0 aliphatic carbocycles. The predicted octanol–water partition coefficient (Wildman–Crippen LogP) is 3.59. The SMILES string of the molecule is O=C(Nc1ncc(Cc2ccccc2)s1)c1ccc(=O)n(Cc2ccccc2)n1. The van der Waals surface area contributed by atoms with Crippen molar-refractivity contribution >= 4 is 22.4 Å². The zero-order chi connectivity index (χ0) is 20.1. The van der Waals surface area contributed by atoms with Gasteiger partial charge in [0.2, 0.25) is 0 Å². The number of rotatable bonds is 6. The van der Waals surface area contributed by atoms with Crippen LogP contribution < -0.4 is 10.9 Å². The topological polar surface area (TPSA) is 76.9 Å². The third-order valence-corrected chi connectivity index (χ3v) is 5.18. The summed E-state index contributed by atoms with van der Waals surface area (Å²) in [5, 5.41) is 7.48. The molecule has 1 N–H and O–H groups in total. The number of nitrogens with zero attached hydrogens (tertiary/aromatic N) is 3. The van der Waals surface area contributed by atoms with Gasteiger partial charge in [0.15, 0.2) is 5.13 Å². The van der Waals surface area contributed by atoms with E-state index in [1.54, 1.807) is 6.20 Å². The lowest BCUT2D eigenvalue weighted by Gasteiger charge is -2.07. The normalized spacial score (nSPS) is 10.6. The van der Waals surface area contributed by atoms with Crippen LogP contribution in [0.3, 0.4) is 0 Å². The molecule has 7 heteroatoms. The average Bonchev–Trinajstić information content (AvgIpc) is 3.18. The van der Waals surface area contributed by atoms with E-state index < -0.39 is 5.91 Å². The molecule has 29 heavy (non-hydrogen) atoms. The van der Waals surface area contributed by atoms with Crippen LogP contribution in [0.2, 0.25) is 0 Å². The molecule has 0 atom stereocenters. The second-order valence-corrected chi connectivity index (χ2v) is 7.56. The van der Waals surface area contributed by atoms with Crippen molar-refractivity contribution in [3.63, 3.8) is 0 Å². The summed E-state index contributed by atoms with van der Waals surface area (Å²) < 4.78 is 1.28. The number of hydrogen-bond donors (Lipinski definition) is 1. The summed E-state index contributed by atoms with van der Waals surface area (Å²) in [6.07, 6.45) is 2.52. The number of carbonyl (C=O) groups excluding carboxylic acids is 1. The van der Waals surface area contributed by atoms with Crippen molar-refractivity contribution in [2.24, 2.45) is 0 Å². The first-order chi connectivity index (χ1) is 14.2. The molecule has 2 aromatic heterocycles. The highest BCUT2D eigenvalue weighted by Crippen LogP contribution is 2.21. The predicted molar refractivity (Wildman–Crippen MR) is 113 cm³/mol. The zero-order valence-corrected chi connectivity index (χ0v) is 16.3. The van der Waals surface area contributed by atoms with Gasteiger partial charge in [0.1, 0.15) is 5.69 Å². The fraction of sp³-hybridized carbons (Fsp3) is 0.0909. The van der Waals surface area contributed by atoms with Gasteiger partial charge in [-0.1, -0.05) is 60.7 Å². The number of thiazole rings is 1. The van der Waals surface area contributed by atoms with Crippen LogP contribution in [0.1, 0.15) is 26.5 Å². The van der Waals surface area contributed by atoms with E-state index in [1.165, 1.54) is 33.7 Å². The van der Waals surface area contributed by atoms with Gasteiger partial charge in [0.05, 0.1) is 6.54 Å². The Bertz CT molecular complexity index is 1170. The zero-order valence-electron chi connectivity index (χ0n) is 15.5. The van der Waals surface area contributed by atoms with Crippen molar-refractivity contribution in [3.8, 4) is 0 Å². The van der Waals surface area contributed by atoms with Gasteiger partial charge in [0.25, 0.3) is 11.5 Å². The van der Waals surface area contributed by atoms with Crippen LogP contribution >= 0.6 is 11.3 Å². The van der Waals surface area contributed by atoms with Crippen LogP contribution in [-0.4, -0.2) is 20.7 Å². The summed E-state index contributed by atoms with van der Waals surface area (Å²) >= 11 is 1.42. The summed E-state index contributed by atoms with van der Waals surface area (Å²) in [5.74, 6) is -0.396. The van der Waals surface area contributed by atoms with Gasteiger partial charge in [-0.2, -0.15) is 5.10 Å². The lowest BCUT2D eigenvalue weighted by atomic mass is 10.1. The lowest BCUT2D eigenvalue weighted by molar-refractivity contribution is 0.102. The minimum absolute atomic E-state index is 0.167. The van der Waals surface area contributed by atoms with E-state index >= 15 is 0 Å². The number of aromatic nitrogens is 3. The van der Waals surface area contributed by atoms with E-state index in [4.69, 9.17) is 0 Å². The molecule has 0 spiro atoms. The third-order valence-electron chi connectivity index (χ3n) is 4.27. The van der Waals surface area contributed by atoms with Crippen molar-refractivity contribution in [2.75, 3.05) is 5.32 Å². The standard InChI is InChI=1S/C22H18N4O2S/c27-20-12-11-19(25-26(20)15-17-9-5-2-6-10-17)21(28)24-22-23-14-18(29-22)13-16-7-3-1-4-8-16/h1-12,14H,13,15H2,(H,23,24,28). The number of nitrogens with one attached hydrogen (secondary N) is 1. The third kappa shape index (κ3) is 4.83. The maximum atomic E-state index is 12.6. The van der Waals surface area contributed by atoms with Crippen LogP contribution in [0.5, 0.6) is 0 Å². The fourth-order valence-electron chi connectivity index (χ4n) is 2.84. The molecule has 0 unspecified atom stereocenters. The Morgan fingerprint density at radius 1 is 0.931 bits per heavy atom. The molecule has 0 fully saturated rings. The van der Waals surface area contributed by atoms with Gasteiger partial charge in [-0.05, 0) is 17.2 Å². The number of amides is 1. The van der Waals surface area contributed by atoms with E-state index in [1.807, 2.05) is 48.5 Å². The number of anilines is 1. The summed E-state index contributed by atoms with van der Waals surface area (Å²) in [7, 11) is 0. The fourth-order valence-corrected chi connectivity index (χ4v) is 3.69. The molecule has 4 rings (SSSR count). The Labute approximate surface area is 171 Å². The average molecular weight is 402 g/mol. The molecule has 6 nitrogen and oxygen atoms in total. The Morgan fingerprint density at radius 2 is 1.62 bits per heavy atom. The molecule has 0 saturated carbocycles. The summed E-state index contributed by atoms with van der Waals surface area (Å²) in [6.45, 7) is 0.305. The molecular formula is C22H18N4O2S. The molecule has 0 bridgehead atoms. The minimum atomic E-state index is -0.396. The molecule has 144 valence electrons. The Hall–Kier alpha value is -3.58. The molecule has 4 aromatic rings. The molecule has 0 aliphatic rings. The maximum Gasteiger partial charge on any atom is 0.277 e. The number of carbonyl (C=O) groups is 1. The minimum Gasteiger partial charge on any atom is -0.296 e. The van der Waals surface area contributed by atoms with Crippen LogP contribution in [-0.2, 0) is 13.0 Å². The van der Waals surface area contributed by atoms with Gasteiger partial charge in [-0.3, -0.25) is 14.9 Å². The van der Waals surface area contributed by atoms with Crippen molar-refractivity contribution in [3.05, 3.63) is 111 Å². The monoisotopic (exact) mass is 402 g/mol. The highest BCUT2D eigenvalue weighted by atomic mass is 32.1. The second kappa shape index (κ2) is 8.62. The van der Waals surface area contributed by atoms with Gasteiger partial charge >= 0.3 is 0 Å². The molecule has 0 aliphatic heterocycles. The van der Waals surface area contributed by atoms with Crippen LogP contribution in [0.25, 0.3) is 0 Å². The first-order valence-electron chi connectivity index (χ1n) is 9.09.